The number of imide groups is 1. The number of aliphatic hydroxyl groups is 1. The van der Waals surface area contributed by atoms with Crippen molar-refractivity contribution in [2.45, 2.75) is 44.8 Å². The molecule has 2 aliphatic rings. The lowest BCUT2D eigenvalue weighted by atomic mass is 9.93. The normalized spacial score (nSPS) is 26.5. The summed E-state index contributed by atoms with van der Waals surface area (Å²) in [4.78, 5) is 28.6. The van der Waals surface area contributed by atoms with Crippen LogP contribution < -0.4 is 4.90 Å². The molecule has 1 aromatic rings. The smallest absolute Gasteiger partial charge is 0.332 e. The van der Waals surface area contributed by atoms with Gasteiger partial charge in [0.25, 0.3) is 5.91 Å². The second kappa shape index (κ2) is 5.76. The van der Waals surface area contributed by atoms with E-state index in [1.54, 1.807) is 19.9 Å². The van der Waals surface area contributed by atoms with E-state index in [1.165, 1.54) is 11.0 Å². The number of likely N-dealkylation sites (N-methyl/N-ethyl adjacent to an activating group) is 1. The molecule has 0 aromatic heterocycles. The van der Waals surface area contributed by atoms with Crippen molar-refractivity contribution in [1.29, 1.82) is 5.26 Å². The molecule has 3 rings (SSSR count). The molecule has 1 aliphatic heterocycles. The molecule has 6 nitrogen and oxygen atoms in total. The highest BCUT2D eigenvalue weighted by molar-refractivity contribution is 6.33. The second-order valence-corrected chi connectivity index (χ2v) is 6.56. The molecule has 1 saturated carbocycles. The SMILES string of the molecule is CCN1C(=O)N(c2ccc(C#N)c(Cl)c2C)C(=O)[C@]12CCC[C@H]2O. The number of amides is 3. The third-order valence-corrected chi connectivity index (χ3v) is 5.59. The van der Waals surface area contributed by atoms with Gasteiger partial charge < -0.3 is 10.0 Å². The zero-order valence-electron chi connectivity index (χ0n) is 13.5. The van der Waals surface area contributed by atoms with Crippen LogP contribution in [0.2, 0.25) is 5.02 Å². The molecule has 0 radical (unpaired) electrons. The summed E-state index contributed by atoms with van der Waals surface area (Å²) in [5.74, 6) is -0.414. The third kappa shape index (κ3) is 1.98. The van der Waals surface area contributed by atoms with Gasteiger partial charge in [-0.1, -0.05) is 11.6 Å². The van der Waals surface area contributed by atoms with Gasteiger partial charge in [0.1, 0.15) is 11.6 Å². The van der Waals surface area contributed by atoms with Gasteiger partial charge in [-0.05, 0) is 50.8 Å². The Labute approximate surface area is 145 Å². The summed E-state index contributed by atoms with van der Waals surface area (Å²) in [5, 5.41) is 19.7. The number of rotatable bonds is 2. The fourth-order valence-electron chi connectivity index (χ4n) is 3.86. The van der Waals surface area contributed by atoms with E-state index in [-0.39, 0.29) is 5.02 Å². The van der Waals surface area contributed by atoms with Crippen LogP contribution in [-0.4, -0.2) is 40.1 Å². The van der Waals surface area contributed by atoms with Gasteiger partial charge in [0.05, 0.1) is 22.4 Å². The number of urea groups is 1. The number of nitrogens with zero attached hydrogens (tertiary/aromatic N) is 3. The van der Waals surface area contributed by atoms with Crippen LogP contribution in [0.15, 0.2) is 12.1 Å². The summed E-state index contributed by atoms with van der Waals surface area (Å²) in [5.41, 5.74) is -0.0278. The van der Waals surface area contributed by atoms with Crippen molar-refractivity contribution >= 4 is 29.2 Å². The Morgan fingerprint density at radius 3 is 2.71 bits per heavy atom. The van der Waals surface area contributed by atoms with Gasteiger partial charge in [-0.15, -0.1) is 0 Å². The number of carbonyl (C=O) groups is 2. The quantitative estimate of drug-likeness (QED) is 0.833. The first-order valence-corrected chi connectivity index (χ1v) is 8.31. The number of carbonyl (C=O) groups excluding carboxylic acids is 2. The maximum Gasteiger partial charge on any atom is 0.332 e. The Bertz CT molecular complexity index is 773. The molecule has 2 atom stereocenters. The maximum absolute atomic E-state index is 13.1. The molecule has 1 heterocycles. The predicted octanol–water partition coefficient (Wildman–Crippen LogP) is 2.59. The molecule has 126 valence electrons. The van der Waals surface area contributed by atoms with E-state index in [2.05, 4.69) is 0 Å². The lowest BCUT2D eigenvalue weighted by Crippen LogP contribution is -2.55. The summed E-state index contributed by atoms with van der Waals surface area (Å²) in [6.07, 6.45) is 0.772. The van der Waals surface area contributed by atoms with E-state index in [9.17, 15) is 14.7 Å². The van der Waals surface area contributed by atoms with E-state index < -0.39 is 23.6 Å². The average Bonchev–Trinajstić information content (AvgIpc) is 3.03. The first-order valence-electron chi connectivity index (χ1n) is 7.93. The molecule has 3 amide bonds. The van der Waals surface area contributed by atoms with Gasteiger partial charge in [0.2, 0.25) is 0 Å². The number of aliphatic hydroxyl groups excluding tert-OH is 1. The van der Waals surface area contributed by atoms with Crippen molar-refractivity contribution in [3.8, 4) is 6.07 Å². The van der Waals surface area contributed by atoms with Gasteiger partial charge in [0, 0.05) is 6.54 Å². The van der Waals surface area contributed by atoms with Crippen molar-refractivity contribution in [2.24, 2.45) is 0 Å². The van der Waals surface area contributed by atoms with Crippen molar-refractivity contribution in [3.63, 3.8) is 0 Å². The van der Waals surface area contributed by atoms with Crippen molar-refractivity contribution in [3.05, 3.63) is 28.3 Å². The molecule has 7 heteroatoms. The minimum atomic E-state index is -1.18. The number of anilines is 1. The van der Waals surface area contributed by atoms with Crippen LogP contribution in [0.5, 0.6) is 0 Å². The third-order valence-electron chi connectivity index (χ3n) is 5.10. The fourth-order valence-corrected chi connectivity index (χ4v) is 4.06. The van der Waals surface area contributed by atoms with Gasteiger partial charge >= 0.3 is 6.03 Å². The highest BCUT2D eigenvalue weighted by Crippen LogP contribution is 2.44. The van der Waals surface area contributed by atoms with Crippen LogP contribution in [0.1, 0.15) is 37.3 Å². The Balaban J connectivity index is 2.14. The first kappa shape index (κ1) is 16.7. The summed E-state index contributed by atoms with van der Waals surface area (Å²) in [6.45, 7) is 3.80. The van der Waals surface area contributed by atoms with Crippen LogP contribution in [0.4, 0.5) is 10.5 Å². The minimum absolute atomic E-state index is 0.228. The molecular formula is C17H18ClN3O3. The van der Waals surface area contributed by atoms with Gasteiger partial charge in [-0.2, -0.15) is 5.26 Å². The van der Waals surface area contributed by atoms with E-state index in [4.69, 9.17) is 16.9 Å². The average molecular weight is 348 g/mol. The predicted molar refractivity (Wildman–Crippen MR) is 88.8 cm³/mol. The zero-order chi connectivity index (χ0) is 17.6. The fraction of sp³-hybridized carbons (Fsp3) is 0.471. The lowest BCUT2D eigenvalue weighted by molar-refractivity contribution is -0.129. The standard InChI is InChI=1S/C17H18ClN3O3/c1-3-20-16(24)21(15(23)17(20)8-4-5-13(17)22)12-7-6-11(9-19)14(18)10(12)2/h6-7,13,22H,3-5,8H2,1-2H3/t13-,17-/m1/s1. The van der Waals surface area contributed by atoms with E-state index in [1.807, 2.05) is 6.07 Å². The summed E-state index contributed by atoms with van der Waals surface area (Å²) < 4.78 is 0. The number of halogens is 1. The molecule has 24 heavy (non-hydrogen) atoms. The van der Waals surface area contributed by atoms with Crippen molar-refractivity contribution < 1.29 is 14.7 Å². The van der Waals surface area contributed by atoms with Crippen molar-refractivity contribution in [2.75, 3.05) is 11.4 Å². The Hall–Kier alpha value is -2.10. The number of benzene rings is 1. The van der Waals surface area contributed by atoms with Gasteiger partial charge in [-0.3, -0.25) is 4.79 Å². The number of hydrogen-bond acceptors (Lipinski definition) is 4. The van der Waals surface area contributed by atoms with Crippen molar-refractivity contribution in [1.82, 2.24) is 4.90 Å². The molecule has 1 N–H and O–H groups in total. The van der Waals surface area contributed by atoms with Crippen LogP contribution in [0.25, 0.3) is 0 Å². The Kier molecular flexibility index (Phi) is 4.02. The summed E-state index contributed by atoms with van der Waals surface area (Å²) in [7, 11) is 0. The number of nitriles is 1. The molecular weight excluding hydrogens is 330 g/mol. The zero-order valence-corrected chi connectivity index (χ0v) is 14.3. The van der Waals surface area contributed by atoms with Crippen LogP contribution in [-0.2, 0) is 4.79 Å². The maximum atomic E-state index is 13.1. The van der Waals surface area contributed by atoms with Gasteiger partial charge in [-0.25, -0.2) is 9.69 Å². The Morgan fingerprint density at radius 2 is 2.17 bits per heavy atom. The molecule has 2 fully saturated rings. The van der Waals surface area contributed by atoms with Crippen LogP contribution >= 0.6 is 11.6 Å². The monoisotopic (exact) mass is 347 g/mol. The van der Waals surface area contributed by atoms with Crippen LogP contribution in [0.3, 0.4) is 0 Å². The van der Waals surface area contributed by atoms with Gasteiger partial charge in [0.15, 0.2) is 0 Å². The highest BCUT2D eigenvalue weighted by Gasteiger charge is 2.62. The topological polar surface area (TPSA) is 84.6 Å². The van der Waals surface area contributed by atoms with E-state index in [0.717, 1.165) is 4.90 Å². The van der Waals surface area contributed by atoms with E-state index >= 15 is 0 Å². The molecule has 1 spiro atoms. The van der Waals surface area contributed by atoms with E-state index in [0.29, 0.717) is 42.6 Å². The first-order chi connectivity index (χ1) is 11.4. The summed E-state index contributed by atoms with van der Waals surface area (Å²) >= 11 is 6.19. The lowest BCUT2D eigenvalue weighted by Gasteiger charge is -2.33. The Morgan fingerprint density at radius 1 is 1.46 bits per heavy atom. The molecule has 0 unspecified atom stereocenters. The molecule has 1 aliphatic carbocycles. The molecule has 1 saturated heterocycles. The largest absolute Gasteiger partial charge is 0.390 e. The summed E-state index contributed by atoms with van der Waals surface area (Å²) in [6, 6.07) is 4.59. The molecule has 0 bridgehead atoms. The van der Waals surface area contributed by atoms with Crippen LogP contribution in [0, 0.1) is 18.3 Å². The second-order valence-electron chi connectivity index (χ2n) is 6.18. The number of hydrogen-bond donors (Lipinski definition) is 1. The highest BCUT2D eigenvalue weighted by atomic mass is 35.5. The molecule has 1 aromatic carbocycles. The minimum Gasteiger partial charge on any atom is -0.390 e.